The molecule has 1 atom stereocenters. The van der Waals surface area contributed by atoms with Gasteiger partial charge >= 0.3 is 6.03 Å². The van der Waals surface area contributed by atoms with E-state index in [2.05, 4.69) is 10.4 Å². The van der Waals surface area contributed by atoms with Gasteiger partial charge in [-0.25, -0.2) is 4.79 Å². The number of aromatic nitrogens is 2. The number of urea groups is 1. The van der Waals surface area contributed by atoms with Crippen LogP contribution in [0, 0.1) is 13.8 Å². The minimum absolute atomic E-state index is 0.0273. The summed E-state index contributed by atoms with van der Waals surface area (Å²) in [7, 11) is 0. The molecular weight excluding hydrogens is 298 g/mol. The third kappa shape index (κ3) is 3.06. The van der Waals surface area contributed by atoms with E-state index in [1.807, 2.05) is 24.6 Å². The minimum atomic E-state index is -0.490. The van der Waals surface area contributed by atoms with Crippen molar-refractivity contribution < 1.29 is 14.4 Å². The van der Waals surface area contributed by atoms with Crippen LogP contribution in [0.1, 0.15) is 30.3 Å². The molecule has 0 saturated carbocycles. The fraction of sp³-hybridized carbons (Fsp3) is 0.600. The summed E-state index contributed by atoms with van der Waals surface area (Å²) in [6.07, 6.45) is 1.85. The molecule has 3 rings (SSSR count). The maximum absolute atomic E-state index is 12.4. The summed E-state index contributed by atoms with van der Waals surface area (Å²) in [6.45, 7) is 4.96. The van der Waals surface area contributed by atoms with E-state index < -0.39 is 6.03 Å². The zero-order valence-electron chi connectivity index (χ0n) is 13.4. The maximum atomic E-state index is 12.4. The van der Waals surface area contributed by atoms with Gasteiger partial charge in [0.05, 0.1) is 18.3 Å². The van der Waals surface area contributed by atoms with E-state index in [-0.39, 0.29) is 30.9 Å². The van der Waals surface area contributed by atoms with Gasteiger partial charge in [-0.15, -0.1) is 0 Å². The van der Waals surface area contributed by atoms with Gasteiger partial charge in [0.2, 0.25) is 5.91 Å². The highest BCUT2D eigenvalue weighted by atomic mass is 16.2. The zero-order valence-corrected chi connectivity index (χ0v) is 13.4. The number of carbonyl (C=O) groups is 3. The van der Waals surface area contributed by atoms with E-state index in [0.717, 1.165) is 29.1 Å². The van der Waals surface area contributed by atoms with Crippen LogP contribution < -0.4 is 5.32 Å². The summed E-state index contributed by atoms with van der Waals surface area (Å²) in [4.78, 5) is 38.3. The smallest absolute Gasteiger partial charge is 0.325 e. The molecule has 1 aromatic rings. The second-order valence-electron chi connectivity index (χ2n) is 6.15. The Labute approximate surface area is 134 Å². The van der Waals surface area contributed by atoms with Crippen LogP contribution in [-0.2, 0) is 9.59 Å². The molecule has 1 aromatic heterocycles. The van der Waals surface area contributed by atoms with Gasteiger partial charge < -0.3 is 10.2 Å². The molecule has 0 unspecified atom stereocenters. The summed E-state index contributed by atoms with van der Waals surface area (Å²) < 4.78 is 1.97. The highest BCUT2D eigenvalue weighted by molar-refractivity contribution is 6.04. The summed E-state index contributed by atoms with van der Waals surface area (Å²) in [5, 5.41) is 6.93. The SMILES string of the molecule is Cc1cc(C)n([C@H]2CCCN(C(=O)CN3C(=O)CNC3=O)C2)n1. The van der Waals surface area contributed by atoms with Crippen LogP contribution in [0.25, 0.3) is 0 Å². The van der Waals surface area contributed by atoms with Crippen molar-refractivity contribution in [3.63, 3.8) is 0 Å². The first-order valence-electron chi connectivity index (χ1n) is 7.84. The monoisotopic (exact) mass is 319 g/mol. The predicted octanol–water partition coefficient (Wildman–Crippen LogP) is 0.215. The number of hydrogen-bond donors (Lipinski definition) is 1. The second-order valence-corrected chi connectivity index (χ2v) is 6.15. The van der Waals surface area contributed by atoms with E-state index in [1.54, 1.807) is 4.90 Å². The van der Waals surface area contributed by atoms with Crippen molar-refractivity contribution in [2.24, 2.45) is 0 Å². The number of amides is 4. The minimum Gasteiger partial charge on any atom is -0.339 e. The molecule has 2 saturated heterocycles. The highest BCUT2D eigenvalue weighted by Crippen LogP contribution is 2.23. The number of carbonyl (C=O) groups excluding carboxylic acids is 3. The van der Waals surface area contributed by atoms with Crippen molar-refractivity contribution in [2.75, 3.05) is 26.2 Å². The fourth-order valence-electron chi connectivity index (χ4n) is 3.25. The summed E-state index contributed by atoms with van der Waals surface area (Å²) in [6, 6.07) is 1.67. The Balaban J connectivity index is 1.66. The summed E-state index contributed by atoms with van der Waals surface area (Å²) in [5.41, 5.74) is 2.04. The third-order valence-electron chi connectivity index (χ3n) is 4.37. The van der Waals surface area contributed by atoms with Crippen LogP contribution in [0.5, 0.6) is 0 Å². The van der Waals surface area contributed by atoms with E-state index in [9.17, 15) is 14.4 Å². The molecule has 2 aliphatic rings. The van der Waals surface area contributed by atoms with Crippen LogP contribution in [0.3, 0.4) is 0 Å². The Morgan fingerprint density at radius 3 is 2.78 bits per heavy atom. The number of nitrogens with zero attached hydrogens (tertiary/aromatic N) is 4. The lowest BCUT2D eigenvalue weighted by Gasteiger charge is -2.34. The molecule has 0 spiro atoms. The Kier molecular flexibility index (Phi) is 4.06. The van der Waals surface area contributed by atoms with Crippen molar-refractivity contribution in [3.8, 4) is 0 Å². The van der Waals surface area contributed by atoms with Crippen molar-refractivity contribution in [2.45, 2.75) is 32.7 Å². The highest BCUT2D eigenvalue weighted by Gasteiger charge is 2.33. The van der Waals surface area contributed by atoms with Crippen LogP contribution in [-0.4, -0.2) is 63.6 Å². The Morgan fingerprint density at radius 2 is 2.17 bits per heavy atom. The Morgan fingerprint density at radius 1 is 1.39 bits per heavy atom. The molecule has 124 valence electrons. The van der Waals surface area contributed by atoms with Gasteiger partial charge in [-0.1, -0.05) is 0 Å². The lowest BCUT2D eigenvalue weighted by atomic mass is 10.1. The van der Waals surface area contributed by atoms with Crippen LogP contribution in [0.4, 0.5) is 4.79 Å². The molecule has 8 nitrogen and oxygen atoms in total. The molecule has 1 N–H and O–H groups in total. The quantitative estimate of drug-likeness (QED) is 0.807. The lowest BCUT2D eigenvalue weighted by molar-refractivity contribution is -0.137. The van der Waals surface area contributed by atoms with E-state index >= 15 is 0 Å². The average molecular weight is 319 g/mol. The number of aryl methyl sites for hydroxylation is 2. The van der Waals surface area contributed by atoms with Crippen LogP contribution in [0.2, 0.25) is 0 Å². The molecule has 2 fully saturated rings. The number of nitrogens with one attached hydrogen (secondary N) is 1. The van der Waals surface area contributed by atoms with Gasteiger partial charge in [0.25, 0.3) is 5.91 Å². The number of imide groups is 1. The normalized spacial score (nSPS) is 21.7. The number of likely N-dealkylation sites (tertiary alicyclic amines) is 1. The van der Waals surface area contributed by atoms with Gasteiger partial charge in [-0.2, -0.15) is 5.10 Å². The van der Waals surface area contributed by atoms with Crippen molar-refractivity contribution in [1.29, 1.82) is 0 Å². The van der Waals surface area contributed by atoms with Gasteiger partial charge in [-0.3, -0.25) is 19.2 Å². The Bertz CT molecular complexity index is 638. The number of piperidine rings is 1. The van der Waals surface area contributed by atoms with Crippen LogP contribution >= 0.6 is 0 Å². The number of rotatable bonds is 3. The topological polar surface area (TPSA) is 87.5 Å². The van der Waals surface area contributed by atoms with E-state index in [1.165, 1.54) is 0 Å². The van der Waals surface area contributed by atoms with Crippen molar-refractivity contribution >= 4 is 17.8 Å². The standard InChI is InChI=1S/C15H21N5O3/c1-10-6-11(2)20(17-10)12-4-3-5-18(8-12)14(22)9-19-13(21)7-16-15(19)23/h6,12H,3-5,7-9H2,1-2H3,(H,16,23)/t12-/m0/s1. The first-order chi connectivity index (χ1) is 11.0. The first kappa shape index (κ1) is 15.5. The largest absolute Gasteiger partial charge is 0.339 e. The first-order valence-corrected chi connectivity index (χ1v) is 7.84. The van der Waals surface area contributed by atoms with Gasteiger partial charge in [0, 0.05) is 18.8 Å². The molecule has 0 aliphatic carbocycles. The molecule has 3 heterocycles. The Hall–Kier alpha value is -2.38. The summed E-state index contributed by atoms with van der Waals surface area (Å²) >= 11 is 0. The zero-order chi connectivity index (χ0) is 16.6. The molecule has 4 amide bonds. The van der Waals surface area contributed by atoms with E-state index in [4.69, 9.17) is 0 Å². The molecule has 23 heavy (non-hydrogen) atoms. The fourth-order valence-corrected chi connectivity index (χ4v) is 3.25. The van der Waals surface area contributed by atoms with Crippen molar-refractivity contribution in [1.82, 2.24) is 24.9 Å². The third-order valence-corrected chi connectivity index (χ3v) is 4.37. The number of hydrogen-bond acceptors (Lipinski definition) is 4. The maximum Gasteiger partial charge on any atom is 0.325 e. The average Bonchev–Trinajstić information content (AvgIpc) is 3.03. The van der Waals surface area contributed by atoms with Gasteiger partial charge in [-0.05, 0) is 32.8 Å². The second kappa shape index (κ2) is 6.02. The van der Waals surface area contributed by atoms with Gasteiger partial charge in [0.1, 0.15) is 6.54 Å². The summed E-state index contributed by atoms with van der Waals surface area (Å²) in [5.74, 6) is -0.544. The molecule has 0 bridgehead atoms. The molecule has 2 aliphatic heterocycles. The predicted molar refractivity (Wildman–Crippen MR) is 81.7 cm³/mol. The van der Waals surface area contributed by atoms with Crippen LogP contribution in [0.15, 0.2) is 6.07 Å². The lowest BCUT2D eigenvalue weighted by Crippen LogP contribution is -2.47. The molecule has 0 radical (unpaired) electrons. The van der Waals surface area contributed by atoms with Crippen molar-refractivity contribution in [3.05, 3.63) is 17.5 Å². The molecular formula is C15H21N5O3. The molecule has 0 aromatic carbocycles. The molecule has 8 heteroatoms. The van der Waals surface area contributed by atoms with E-state index in [0.29, 0.717) is 13.1 Å². The van der Waals surface area contributed by atoms with Gasteiger partial charge in [0.15, 0.2) is 0 Å².